The van der Waals surface area contributed by atoms with Gasteiger partial charge in [-0.2, -0.15) is 0 Å². The molecule has 14 heavy (non-hydrogen) atoms. The number of nitrogens with two attached hydrogens (primary N) is 1. The third kappa shape index (κ3) is 1.69. The van der Waals surface area contributed by atoms with E-state index in [4.69, 9.17) is 5.73 Å². The highest BCUT2D eigenvalue weighted by molar-refractivity contribution is 5.92. The van der Waals surface area contributed by atoms with Crippen molar-refractivity contribution in [2.75, 3.05) is 11.9 Å². The van der Waals surface area contributed by atoms with Crippen molar-refractivity contribution in [2.45, 2.75) is 6.42 Å². The Hall–Kier alpha value is -1.95. The molecule has 0 aliphatic carbocycles. The van der Waals surface area contributed by atoms with Crippen molar-refractivity contribution in [3.05, 3.63) is 29.3 Å². The van der Waals surface area contributed by atoms with Crippen LogP contribution in [0.15, 0.2) is 18.2 Å². The van der Waals surface area contributed by atoms with Gasteiger partial charge < -0.3 is 11.1 Å². The largest absolute Gasteiger partial charge is 0.384 e. The fraction of sp³-hybridized carbons (Fsp3) is 0.182. The maximum atomic E-state index is 10.4. The standard InChI is InChI=1S/C11H10N2O/c12-11(14)4-2-8-1-3-10-9(7-8)5-6-13-10/h1,3,7,13H,5-6H2,(H2,12,14). The molecule has 1 aliphatic heterocycles. The lowest BCUT2D eigenvalue weighted by Gasteiger charge is -1.98. The van der Waals surface area contributed by atoms with Crippen molar-refractivity contribution in [3.63, 3.8) is 0 Å². The Morgan fingerprint density at radius 1 is 1.50 bits per heavy atom. The molecule has 0 radical (unpaired) electrons. The predicted molar refractivity (Wildman–Crippen MR) is 54.7 cm³/mol. The maximum Gasteiger partial charge on any atom is 0.293 e. The van der Waals surface area contributed by atoms with Crippen LogP contribution in [-0.4, -0.2) is 12.5 Å². The molecule has 0 saturated heterocycles. The summed E-state index contributed by atoms with van der Waals surface area (Å²) >= 11 is 0. The molecule has 0 saturated carbocycles. The highest BCUT2D eigenvalue weighted by Gasteiger charge is 2.08. The van der Waals surface area contributed by atoms with Crippen LogP contribution in [0.25, 0.3) is 0 Å². The molecule has 3 N–H and O–H groups in total. The summed E-state index contributed by atoms with van der Waals surface area (Å²) in [5, 5.41) is 3.25. The summed E-state index contributed by atoms with van der Waals surface area (Å²) in [7, 11) is 0. The van der Waals surface area contributed by atoms with Crippen molar-refractivity contribution in [1.29, 1.82) is 0 Å². The highest BCUT2D eigenvalue weighted by Crippen LogP contribution is 2.22. The molecule has 0 bridgehead atoms. The van der Waals surface area contributed by atoms with Crippen LogP contribution in [0.2, 0.25) is 0 Å². The highest BCUT2D eigenvalue weighted by atomic mass is 16.1. The third-order valence-corrected chi connectivity index (χ3v) is 2.15. The minimum absolute atomic E-state index is 0.594. The Kier molecular flexibility index (Phi) is 2.11. The van der Waals surface area contributed by atoms with Crippen LogP contribution in [0.4, 0.5) is 5.69 Å². The van der Waals surface area contributed by atoms with E-state index in [1.54, 1.807) is 0 Å². The zero-order valence-corrected chi connectivity index (χ0v) is 7.63. The quantitative estimate of drug-likeness (QED) is 0.579. The van der Waals surface area contributed by atoms with Crippen molar-refractivity contribution in [3.8, 4) is 11.8 Å². The third-order valence-electron chi connectivity index (χ3n) is 2.15. The van der Waals surface area contributed by atoms with Crippen LogP contribution in [0.3, 0.4) is 0 Å². The Morgan fingerprint density at radius 3 is 3.14 bits per heavy atom. The molecule has 0 unspecified atom stereocenters. The van der Waals surface area contributed by atoms with Gasteiger partial charge in [-0.15, -0.1) is 0 Å². The molecular weight excluding hydrogens is 176 g/mol. The average Bonchev–Trinajstić information content (AvgIpc) is 2.61. The van der Waals surface area contributed by atoms with Crippen LogP contribution < -0.4 is 11.1 Å². The number of hydrogen-bond acceptors (Lipinski definition) is 2. The first kappa shape index (κ1) is 8.64. The van der Waals surface area contributed by atoms with Gasteiger partial charge in [0.1, 0.15) is 0 Å². The molecule has 0 fully saturated rings. The zero-order valence-electron chi connectivity index (χ0n) is 7.63. The van der Waals surface area contributed by atoms with Gasteiger partial charge in [0.05, 0.1) is 0 Å². The second kappa shape index (κ2) is 3.43. The molecule has 3 nitrogen and oxygen atoms in total. The average molecular weight is 186 g/mol. The first-order valence-corrected chi connectivity index (χ1v) is 4.44. The number of nitrogens with one attached hydrogen (secondary N) is 1. The van der Waals surface area contributed by atoms with Gasteiger partial charge in [-0.05, 0) is 36.1 Å². The first-order valence-electron chi connectivity index (χ1n) is 4.44. The number of carbonyl (C=O) groups is 1. The molecule has 1 heterocycles. The van der Waals surface area contributed by atoms with E-state index < -0.39 is 5.91 Å². The molecule has 1 amide bonds. The number of amides is 1. The Morgan fingerprint density at radius 2 is 2.36 bits per heavy atom. The Bertz CT molecular complexity index is 440. The smallest absolute Gasteiger partial charge is 0.293 e. The molecule has 3 heteroatoms. The molecule has 1 aromatic carbocycles. The fourth-order valence-corrected chi connectivity index (χ4v) is 1.52. The Labute approximate surface area is 82.3 Å². The van der Waals surface area contributed by atoms with Gasteiger partial charge >= 0.3 is 0 Å². The van der Waals surface area contributed by atoms with Gasteiger partial charge in [0.2, 0.25) is 0 Å². The molecule has 70 valence electrons. The first-order chi connectivity index (χ1) is 6.75. The second-order valence-corrected chi connectivity index (χ2v) is 3.16. The van der Waals surface area contributed by atoms with E-state index in [0.29, 0.717) is 0 Å². The number of fused-ring (bicyclic) bond motifs is 1. The summed E-state index contributed by atoms with van der Waals surface area (Å²) in [6.45, 7) is 0.974. The Balaban J connectivity index is 2.30. The second-order valence-electron chi connectivity index (χ2n) is 3.16. The number of benzene rings is 1. The number of hydrogen-bond donors (Lipinski definition) is 2. The predicted octanol–water partition coefficient (Wildman–Crippen LogP) is 0.491. The summed E-state index contributed by atoms with van der Waals surface area (Å²) in [4.78, 5) is 10.4. The van der Waals surface area contributed by atoms with Gasteiger partial charge in [0.15, 0.2) is 0 Å². The minimum atomic E-state index is -0.594. The molecule has 1 aromatic rings. The summed E-state index contributed by atoms with van der Waals surface area (Å²) in [5.74, 6) is 4.45. The van der Waals surface area contributed by atoms with E-state index >= 15 is 0 Å². The van der Waals surface area contributed by atoms with Crippen molar-refractivity contribution < 1.29 is 4.79 Å². The van der Waals surface area contributed by atoms with Crippen molar-refractivity contribution in [1.82, 2.24) is 0 Å². The SMILES string of the molecule is NC(=O)C#Cc1ccc2c(c1)CCN2. The van der Waals surface area contributed by atoms with Crippen LogP contribution in [0.5, 0.6) is 0 Å². The van der Waals surface area contributed by atoms with E-state index in [0.717, 1.165) is 24.2 Å². The van der Waals surface area contributed by atoms with Gasteiger partial charge in [-0.1, -0.05) is 5.92 Å². The molecule has 0 atom stereocenters. The van der Waals surface area contributed by atoms with Crippen LogP contribution in [0.1, 0.15) is 11.1 Å². The van der Waals surface area contributed by atoms with Gasteiger partial charge in [-0.3, -0.25) is 4.79 Å². The number of anilines is 1. The maximum absolute atomic E-state index is 10.4. The van der Waals surface area contributed by atoms with Crippen LogP contribution in [0, 0.1) is 11.8 Å². The van der Waals surface area contributed by atoms with Crippen molar-refractivity contribution in [2.24, 2.45) is 5.73 Å². The lowest BCUT2D eigenvalue weighted by Crippen LogP contribution is -2.06. The summed E-state index contributed by atoms with van der Waals surface area (Å²) in [6.07, 6.45) is 1.02. The zero-order chi connectivity index (χ0) is 9.97. The van der Waals surface area contributed by atoms with Gasteiger partial charge in [0, 0.05) is 17.8 Å². The minimum Gasteiger partial charge on any atom is -0.384 e. The molecule has 0 aromatic heterocycles. The number of primary amides is 1. The molecule has 1 aliphatic rings. The van der Waals surface area contributed by atoms with Gasteiger partial charge in [-0.25, -0.2) is 0 Å². The number of rotatable bonds is 0. The normalized spacial score (nSPS) is 12.3. The van der Waals surface area contributed by atoms with E-state index in [9.17, 15) is 4.79 Å². The van der Waals surface area contributed by atoms with E-state index in [-0.39, 0.29) is 0 Å². The van der Waals surface area contributed by atoms with Gasteiger partial charge in [0.25, 0.3) is 5.91 Å². The van der Waals surface area contributed by atoms with Crippen molar-refractivity contribution >= 4 is 11.6 Å². The van der Waals surface area contributed by atoms with E-state index in [1.807, 2.05) is 18.2 Å². The lowest BCUT2D eigenvalue weighted by molar-refractivity contribution is -0.112. The van der Waals surface area contributed by atoms with Crippen LogP contribution in [-0.2, 0) is 11.2 Å². The van der Waals surface area contributed by atoms with E-state index in [1.165, 1.54) is 5.56 Å². The lowest BCUT2D eigenvalue weighted by atomic mass is 10.1. The van der Waals surface area contributed by atoms with E-state index in [2.05, 4.69) is 17.2 Å². The summed E-state index contributed by atoms with van der Waals surface area (Å²) < 4.78 is 0. The topological polar surface area (TPSA) is 55.1 Å². The molecule has 2 rings (SSSR count). The monoisotopic (exact) mass is 186 g/mol. The summed E-state index contributed by atoms with van der Waals surface area (Å²) in [5.41, 5.74) is 8.18. The fourth-order valence-electron chi connectivity index (χ4n) is 1.52. The molecular formula is C11H10N2O. The summed E-state index contributed by atoms with van der Waals surface area (Å²) in [6, 6.07) is 5.85. The molecule has 0 spiro atoms. The number of carbonyl (C=O) groups excluding carboxylic acids is 1. The van der Waals surface area contributed by atoms with Crippen LogP contribution >= 0.6 is 0 Å².